The lowest BCUT2D eigenvalue weighted by Crippen LogP contribution is -2.50. The van der Waals surface area contributed by atoms with E-state index in [4.69, 9.17) is 18.9 Å². The monoisotopic (exact) mass is 457 g/mol. The second-order valence-corrected chi connectivity index (χ2v) is 7.57. The van der Waals surface area contributed by atoms with Crippen molar-refractivity contribution in [2.24, 2.45) is 0 Å². The van der Waals surface area contributed by atoms with Crippen LogP contribution < -0.4 is 19.5 Å². The third kappa shape index (κ3) is 6.52. The molecule has 1 aliphatic heterocycles. The molecule has 0 spiro atoms. The van der Waals surface area contributed by atoms with Crippen LogP contribution in [0.25, 0.3) is 0 Å². The highest BCUT2D eigenvalue weighted by Gasteiger charge is 2.24. The van der Waals surface area contributed by atoms with Crippen molar-refractivity contribution in [1.82, 2.24) is 15.1 Å². The number of piperazine rings is 1. The molecule has 0 atom stereocenters. The molecule has 178 valence electrons. The minimum absolute atomic E-state index is 0.0862. The van der Waals surface area contributed by atoms with Crippen molar-refractivity contribution in [3.8, 4) is 17.2 Å². The first-order valence-electron chi connectivity index (χ1n) is 10.8. The summed E-state index contributed by atoms with van der Waals surface area (Å²) < 4.78 is 21.5. The Labute approximate surface area is 194 Å². The second-order valence-electron chi connectivity index (χ2n) is 7.57. The highest BCUT2D eigenvalue weighted by Crippen LogP contribution is 2.40. The number of amides is 2. The lowest BCUT2D eigenvalue weighted by molar-refractivity contribution is -0.132. The molecule has 2 aromatic carbocycles. The van der Waals surface area contributed by atoms with Gasteiger partial charge in [-0.25, -0.2) is 4.79 Å². The highest BCUT2D eigenvalue weighted by molar-refractivity contribution is 5.82. The second kappa shape index (κ2) is 12.0. The van der Waals surface area contributed by atoms with Crippen LogP contribution in [0.1, 0.15) is 11.1 Å². The molecule has 2 amide bonds. The van der Waals surface area contributed by atoms with Crippen LogP contribution in [0.4, 0.5) is 4.79 Å². The minimum Gasteiger partial charge on any atom is -0.493 e. The summed E-state index contributed by atoms with van der Waals surface area (Å²) in [5.74, 6) is 1.70. The quantitative estimate of drug-likeness (QED) is 0.618. The number of hydrogen-bond acceptors (Lipinski definition) is 7. The topological polar surface area (TPSA) is 89.6 Å². The number of nitrogens with zero attached hydrogens (tertiary/aromatic N) is 2. The Hall–Kier alpha value is -3.46. The first-order valence-corrected chi connectivity index (χ1v) is 10.8. The summed E-state index contributed by atoms with van der Waals surface area (Å²) in [6.07, 6.45) is -0.605. The van der Waals surface area contributed by atoms with Crippen molar-refractivity contribution in [1.29, 1.82) is 0 Å². The van der Waals surface area contributed by atoms with Gasteiger partial charge < -0.3 is 29.2 Å². The van der Waals surface area contributed by atoms with Gasteiger partial charge in [-0.05, 0) is 11.6 Å². The van der Waals surface area contributed by atoms with Crippen molar-refractivity contribution in [3.63, 3.8) is 0 Å². The van der Waals surface area contributed by atoms with Crippen molar-refractivity contribution in [3.05, 3.63) is 53.6 Å². The van der Waals surface area contributed by atoms with Crippen LogP contribution in [0.3, 0.4) is 0 Å². The van der Waals surface area contributed by atoms with Crippen LogP contribution in [0, 0.1) is 0 Å². The average molecular weight is 458 g/mol. The molecule has 0 aliphatic carbocycles. The van der Waals surface area contributed by atoms with Crippen LogP contribution in [0.15, 0.2) is 42.5 Å². The van der Waals surface area contributed by atoms with E-state index in [1.54, 1.807) is 26.2 Å². The Morgan fingerprint density at radius 1 is 0.879 bits per heavy atom. The van der Waals surface area contributed by atoms with E-state index in [0.717, 1.165) is 11.1 Å². The van der Waals surface area contributed by atoms with Crippen molar-refractivity contribution >= 4 is 12.0 Å². The number of rotatable bonds is 9. The third-order valence-corrected chi connectivity index (χ3v) is 5.50. The summed E-state index contributed by atoms with van der Waals surface area (Å²) in [6.45, 7) is 3.32. The zero-order valence-electron chi connectivity index (χ0n) is 19.3. The predicted molar refractivity (Wildman–Crippen MR) is 123 cm³/mol. The Bertz CT molecular complexity index is 929. The van der Waals surface area contributed by atoms with Gasteiger partial charge in [0.2, 0.25) is 11.7 Å². The first kappa shape index (κ1) is 24.2. The minimum atomic E-state index is -0.605. The van der Waals surface area contributed by atoms with E-state index in [-0.39, 0.29) is 19.1 Å². The molecule has 1 saturated heterocycles. The number of ether oxygens (including phenoxy) is 4. The molecule has 1 heterocycles. The summed E-state index contributed by atoms with van der Waals surface area (Å²) in [5.41, 5.74) is 1.87. The molecule has 3 rings (SSSR count). The van der Waals surface area contributed by atoms with Crippen LogP contribution in [0.5, 0.6) is 17.2 Å². The van der Waals surface area contributed by atoms with Crippen molar-refractivity contribution in [2.45, 2.75) is 13.2 Å². The van der Waals surface area contributed by atoms with Gasteiger partial charge in [-0.2, -0.15) is 0 Å². The number of carbonyl (C=O) groups is 2. The number of nitrogens with one attached hydrogen (secondary N) is 1. The molecule has 33 heavy (non-hydrogen) atoms. The average Bonchev–Trinajstić information content (AvgIpc) is 2.86. The molecule has 0 bridgehead atoms. The number of carbonyl (C=O) groups excluding carboxylic acids is 2. The largest absolute Gasteiger partial charge is 0.493 e. The van der Waals surface area contributed by atoms with Crippen LogP contribution in [-0.4, -0.2) is 75.9 Å². The summed E-state index contributed by atoms with van der Waals surface area (Å²) in [7, 11) is 4.78. The Morgan fingerprint density at radius 3 is 2.21 bits per heavy atom. The number of hydrogen-bond donors (Lipinski definition) is 1. The SMILES string of the molecule is COc1ccc(CN2CCN(C(=O)CNC(=O)OCc3ccccc3)CC2)c(OC)c1OC. The molecule has 9 nitrogen and oxygen atoms in total. The van der Waals surface area contributed by atoms with E-state index in [9.17, 15) is 9.59 Å². The smallest absolute Gasteiger partial charge is 0.407 e. The predicted octanol–water partition coefficient (Wildman–Crippen LogP) is 2.28. The zero-order chi connectivity index (χ0) is 23.6. The van der Waals surface area contributed by atoms with Crippen LogP contribution in [0.2, 0.25) is 0 Å². The molecule has 0 aromatic heterocycles. The zero-order valence-corrected chi connectivity index (χ0v) is 19.3. The van der Waals surface area contributed by atoms with E-state index < -0.39 is 6.09 Å². The number of alkyl carbamates (subject to hydrolysis) is 1. The molecular formula is C24H31N3O6. The van der Waals surface area contributed by atoms with Gasteiger partial charge in [-0.1, -0.05) is 36.4 Å². The molecule has 9 heteroatoms. The molecule has 1 fully saturated rings. The Morgan fingerprint density at radius 2 is 1.58 bits per heavy atom. The Balaban J connectivity index is 1.44. The Kier molecular flexibility index (Phi) is 8.77. The van der Waals surface area contributed by atoms with Gasteiger partial charge >= 0.3 is 6.09 Å². The molecule has 2 aromatic rings. The third-order valence-electron chi connectivity index (χ3n) is 5.50. The van der Waals surface area contributed by atoms with Gasteiger partial charge in [0, 0.05) is 38.3 Å². The fourth-order valence-corrected chi connectivity index (χ4v) is 3.72. The van der Waals surface area contributed by atoms with Crippen molar-refractivity contribution < 1.29 is 28.5 Å². The highest BCUT2D eigenvalue weighted by atomic mass is 16.5. The van der Waals surface area contributed by atoms with E-state index in [1.807, 2.05) is 42.5 Å². The molecule has 1 N–H and O–H groups in total. The number of methoxy groups -OCH3 is 3. The molecule has 0 radical (unpaired) electrons. The van der Waals surface area contributed by atoms with Gasteiger partial charge in [-0.3, -0.25) is 9.69 Å². The first-order chi connectivity index (χ1) is 16.0. The molecule has 1 aliphatic rings. The van der Waals surface area contributed by atoms with Gasteiger partial charge in [0.25, 0.3) is 0 Å². The lowest BCUT2D eigenvalue weighted by atomic mass is 10.1. The fourth-order valence-electron chi connectivity index (χ4n) is 3.72. The maximum absolute atomic E-state index is 12.5. The molecular weight excluding hydrogens is 426 g/mol. The van der Waals surface area contributed by atoms with E-state index in [0.29, 0.717) is 50.0 Å². The van der Waals surface area contributed by atoms with Crippen LogP contribution in [-0.2, 0) is 22.7 Å². The summed E-state index contributed by atoms with van der Waals surface area (Å²) in [6, 6.07) is 13.2. The molecule has 0 unspecified atom stereocenters. The van der Waals surface area contributed by atoms with Gasteiger partial charge in [-0.15, -0.1) is 0 Å². The molecule has 0 saturated carbocycles. The summed E-state index contributed by atoms with van der Waals surface area (Å²) in [4.78, 5) is 28.4. The van der Waals surface area contributed by atoms with E-state index >= 15 is 0 Å². The van der Waals surface area contributed by atoms with E-state index in [2.05, 4.69) is 10.2 Å². The maximum atomic E-state index is 12.5. The van der Waals surface area contributed by atoms with Gasteiger partial charge in [0.05, 0.1) is 21.3 Å². The lowest BCUT2D eigenvalue weighted by Gasteiger charge is -2.35. The van der Waals surface area contributed by atoms with Crippen molar-refractivity contribution in [2.75, 3.05) is 54.1 Å². The van der Waals surface area contributed by atoms with Gasteiger partial charge in [0.1, 0.15) is 13.2 Å². The maximum Gasteiger partial charge on any atom is 0.407 e. The summed E-state index contributed by atoms with van der Waals surface area (Å²) in [5, 5.41) is 2.53. The van der Waals surface area contributed by atoms with Gasteiger partial charge in [0.15, 0.2) is 11.5 Å². The fraction of sp³-hybridized carbons (Fsp3) is 0.417. The number of benzene rings is 2. The van der Waals surface area contributed by atoms with E-state index in [1.165, 1.54) is 0 Å². The summed E-state index contributed by atoms with van der Waals surface area (Å²) >= 11 is 0. The standard InChI is InChI=1S/C24H31N3O6/c1-30-20-10-9-19(22(31-2)23(20)32-3)16-26-11-13-27(14-12-26)21(28)15-25-24(29)33-17-18-7-5-4-6-8-18/h4-10H,11-17H2,1-3H3,(H,25,29). The van der Waals surface area contributed by atoms with Crippen LogP contribution >= 0.6 is 0 Å². The normalized spacial score (nSPS) is 13.8.